The van der Waals surface area contributed by atoms with Crippen LogP contribution < -0.4 is 22.0 Å². The lowest BCUT2D eigenvalue weighted by Gasteiger charge is -2.22. The summed E-state index contributed by atoms with van der Waals surface area (Å²) in [6, 6.07) is 12.6. The maximum Gasteiger partial charge on any atom is 0.330 e. The molecule has 3 amide bonds. The van der Waals surface area contributed by atoms with Gasteiger partial charge in [-0.05, 0) is 18.2 Å². The van der Waals surface area contributed by atoms with Gasteiger partial charge in [-0.3, -0.25) is 19.8 Å². The smallest absolute Gasteiger partial charge is 0.330 e. The number of aromatic hydroxyl groups is 1. The van der Waals surface area contributed by atoms with Crippen molar-refractivity contribution in [2.24, 2.45) is 10.9 Å². The fraction of sp³-hybridized carbons (Fsp3) is 0.111. The SMILES string of the molecule is NNC(=O)C(=O)N/N=C(/CC1(O)C(=O)Nc2ccccc21)c1ccccc1O. The minimum Gasteiger partial charge on any atom is -0.507 e. The predicted molar refractivity (Wildman–Crippen MR) is 98.7 cm³/mol. The van der Waals surface area contributed by atoms with Crippen molar-refractivity contribution >= 4 is 29.1 Å². The Labute approximate surface area is 159 Å². The molecule has 1 aliphatic heterocycles. The molecule has 10 nitrogen and oxygen atoms in total. The van der Waals surface area contributed by atoms with Crippen LogP contribution >= 0.6 is 0 Å². The van der Waals surface area contributed by atoms with E-state index in [0.29, 0.717) is 11.3 Å². The molecule has 0 aliphatic carbocycles. The van der Waals surface area contributed by atoms with Crippen molar-refractivity contribution in [3.8, 4) is 5.75 Å². The summed E-state index contributed by atoms with van der Waals surface area (Å²) in [6.45, 7) is 0. The zero-order chi connectivity index (χ0) is 20.3. The largest absolute Gasteiger partial charge is 0.507 e. The highest BCUT2D eigenvalue weighted by atomic mass is 16.3. The third-order valence-corrected chi connectivity index (χ3v) is 4.26. The van der Waals surface area contributed by atoms with Crippen LogP contribution in [0.3, 0.4) is 0 Å². The van der Waals surface area contributed by atoms with Crippen LogP contribution in [0.25, 0.3) is 0 Å². The second-order valence-corrected chi connectivity index (χ2v) is 6.03. The van der Waals surface area contributed by atoms with Crippen LogP contribution in [0.2, 0.25) is 0 Å². The van der Waals surface area contributed by atoms with E-state index in [2.05, 4.69) is 10.4 Å². The Bertz CT molecular complexity index is 990. The van der Waals surface area contributed by atoms with E-state index in [-0.39, 0.29) is 23.4 Å². The molecule has 0 bridgehead atoms. The zero-order valence-electron chi connectivity index (χ0n) is 14.5. The van der Waals surface area contributed by atoms with Gasteiger partial charge in [0.25, 0.3) is 5.91 Å². The molecule has 3 rings (SSSR count). The molecule has 0 saturated heterocycles. The molecular formula is C18H17N5O5. The number of phenols is 1. The van der Waals surface area contributed by atoms with Crippen molar-refractivity contribution in [3.63, 3.8) is 0 Å². The number of hydrogen-bond acceptors (Lipinski definition) is 7. The number of rotatable bonds is 4. The molecule has 0 spiro atoms. The Morgan fingerprint density at radius 1 is 1.11 bits per heavy atom. The number of para-hydroxylation sites is 2. The van der Waals surface area contributed by atoms with E-state index in [4.69, 9.17) is 5.84 Å². The number of carbonyl (C=O) groups excluding carboxylic acids is 3. The highest BCUT2D eigenvalue weighted by molar-refractivity contribution is 6.35. The van der Waals surface area contributed by atoms with Gasteiger partial charge in [0.05, 0.1) is 5.71 Å². The summed E-state index contributed by atoms with van der Waals surface area (Å²) in [5.74, 6) is 1.74. The van der Waals surface area contributed by atoms with Crippen molar-refractivity contribution in [1.82, 2.24) is 10.9 Å². The van der Waals surface area contributed by atoms with Crippen molar-refractivity contribution in [2.45, 2.75) is 12.0 Å². The Kier molecular flexibility index (Phi) is 5.07. The van der Waals surface area contributed by atoms with E-state index in [0.717, 1.165) is 0 Å². The summed E-state index contributed by atoms with van der Waals surface area (Å²) in [7, 11) is 0. The first-order valence-corrected chi connectivity index (χ1v) is 8.16. The molecule has 0 fully saturated rings. The van der Waals surface area contributed by atoms with Gasteiger partial charge in [0.15, 0.2) is 5.60 Å². The second-order valence-electron chi connectivity index (χ2n) is 6.03. The van der Waals surface area contributed by atoms with Crippen LogP contribution in [0.5, 0.6) is 5.75 Å². The molecule has 1 unspecified atom stereocenters. The number of hydrazone groups is 1. The van der Waals surface area contributed by atoms with Crippen LogP contribution in [-0.4, -0.2) is 33.6 Å². The van der Waals surface area contributed by atoms with Gasteiger partial charge in [-0.2, -0.15) is 5.10 Å². The summed E-state index contributed by atoms with van der Waals surface area (Å²) < 4.78 is 0. The van der Waals surface area contributed by atoms with Gasteiger partial charge in [-0.25, -0.2) is 11.3 Å². The number of hydrogen-bond donors (Lipinski definition) is 6. The average Bonchev–Trinajstić information content (AvgIpc) is 2.95. The Morgan fingerprint density at radius 2 is 1.79 bits per heavy atom. The second kappa shape index (κ2) is 7.47. The number of carbonyl (C=O) groups is 3. The first-order valence-electron chi connectivity index (χ1n) is 8.16. The monoisotopic (exact) mass is 383 g/mol. The molecule has 2 aromatic rings. The van der Waals surface area contributed by atoms with Crippen LogP contribution in [0.15, 0.2) is 53.6 Å². The van der Waals surface area contributed by atoms with Crippen molar-refractivity contribution in [1.29, 1.82) is 0 Å². The maximum absolute atomic E-state index is 12.5. The number of nitrogens with two attached hydrogens (primary N) is 1. The van der Waals surface area contributed by atoms with E-state index in [9.17, 15) is 24.6 Å². The van der Waals surface area contributed by atoms with Gasteiger partial charge in [0.1, 0.15) is 5.75 Å². The van der Waals surface area contributed by atoms with Gasteiger partial charge < -0.3 is 15.5 Å². The Morgan fingerprint density at radius 3 is 2.50 bits per heavy atom. The molecule has 1 heterocycles. The van der Waals surface area contributed by atoms with E-state index in [1.165, 1.54) is 12.1 Å². The van der Waals surface area contributed by atoms with Gasteiger partial charge in [-0.15, -0.1) is 0 Å². The Hall–Kier alpha value is -3.76. The minimum absolute atomic E-state index is 0.0226. The molecule has 10 heteroatoms. The number of amides is 3. The molecule has 28 heavy (non-hydrogen) atoms. The van der Waals surface area contributed by atoms with Crippen molar-refractivity contribution < 1.29 is 24.6 Å². The van der Waals surface area contributed by atoms with Gasteiger partial charge >= 0.3 is 11.8 Å². The lowest BCUT2D eigenvalue weighted by atomic mass is 9.87. The maximum atomic E-state index is 12.5. The van der Waals surface area contributed by atoms with Crippen LogP contribution in [0.1, 0.15) is 17.5 Å². The summed E-state index contributed by atoms with van der Waals surface area (Å²) in [4.78, 5) is 35.4. The molecule has 7 N–H and O–H groups in total. The molecule has 1 aliphatic rings. The highest BCUT2D eigenvalue weighted by Gasteiger charge is 2.46. The molecule has 1 atom stereocenters. The first kappa shape index (κ1) is 19.0. The van der Waals surface area contributed by atoms with E-state index < -0.39 is 23.3 Å². The van der Waals surface area contributed by atoms with Crippen LogP contribution in [0.4, 0.5) is 5.69 Å². The van der Waals surface area contributed by atoms with Gasteiger partial charge in [0.2, 0.25) is 0 Å². The quantitative estimate of drug-likeness (QED) is 0.136. The van der Waals surface area contributed by atoms with E-state index in [1.54, 1.807) is 41.8 Å². The van der Waals surface area contributed by atoms with Crippen molar-refractivity contribution in [2.75, 3.05) is 5.32 Å². The molecule has 0 radical (unpaired) electrons. The number of phenolic OH excluding ortho intramolecular Hbond substituents is 1. The summed E-state index contributed by atoms with van der Waals surface area (Å²) >= 11 is 0. The Balaban J connectivity index is 2.01. The highest BCUT2D eigenvalue weighted by Crippen LogP contribution is 2.39. The zero-order valence-corrected chi connectivity index (χ0v) is 14.5. The summed E-state index contributed by atoms with van der Waals surface area (Å²) in [5.41, 5.74) is 2.58. The predicted octanol–water partition coefficient (Wildman–Crippen LogP) is -0.568. The van der Waals surface area contributed by atoms with E-state index >= 15 is 0 Å². The summed E-state index contributed by atoms with van der Waals surface area (Å²) in [6.07, 6.45) is -0.377. The fourth-order valence-electron chi connectivity index (χ4n) is 2.87. The first-order chi connectivity index (χ1) is 13.4. The molecule has 144 valence electrons. The molecule has 2 aromatic carbocycles. The van der Waals surface area contributed by atoms with Crippen molar-refractivity contribution in [3.05, 3.63) is 59.7 Å². The lowest BCUT2D eigenvalue weighted by molar-refractivity contribution is -0.139. The number of benzene rings is 2. The fourth-order valence-corrected chi connectivity index (χ4v) is 2.87. The number of aliphatic hydroxyl groups is 1. The number of nitrogens with zero attached hydrogens (tertiary/aromatic N) is 1. The molecule has 0 saturated carbocycles. The molecular weight excluding hydrogens is 366 g/mol. The third-order valence-electron chi connectivity index (χ3n) is 4.26. The van der Waals surface area contributed by atoms with E-state index in [1.807, 2.05) is 5.43 Å². The number of fused-ring (bicyclic) bond motifs is 1. The average molecular weight is 383 g/mol. The lowest BCUT2D eigenvalue weighted by Crippen LogP contribution is -2.42. The van der Waals surface area contributed by atoms with Crippen LogP contribution in [-0.2, 0) is 20.0 Å². The third kappa shape index (κ3) is 3.41. The van der Waals surface area contributed by atoms with Gasteiger partial charge in [-0.1, -0.05) is 30.3 Å². The van der Waals surface area contributed by atoms with Crippen LogP contribution in [0, 0.1) is 0 Å². The normalized spacial score (nSPS) is 18.2. The standard InChI is InChI=1S/C18H17N5O5/c19-21-15(25)16(26)23-22-13(10-5-1-4-8-14(10)24)9-18(28)11-6-2-3-7-12(11)20-17(18)27/h1-8,24,28H,9,19H2,(H,20,27)(H,21,25)(H,23,26)/b22-13-. The summed E-state index contributed by atoms with van der Waals surface area (Å²) in [5, 5.41) is 27.6. The molecule has 0 aromatic heterocycles. The number of anilines is 1. The number of hydrazine groups is 1. The number of nitrogens with one attached hydrogen (secondary N) is 3. The minimum atomic E-state index is -1.99. The van der Waals surface area contributed by atoms with Gasteiger partial charge in [0, 0.05) is 23.2 Å². The topological polar surface area (TPSA) is 166 Å².